The van der Waals surface area contributed by atoms with Crippen LogP contribution < -0.4 is 10.1 Å². The number of anilines is 1. The fourth-order valence-electron chi connectivity index (χ4n) is 2.26. The summed E-state index contributed by atoms with van der Waals surface area (Å²) < 4.78 is 5.41. The molecule has 2 aromatic carbocycles. The third-order valence-electron chi connectivity index (χ3n) is 3.37. The van der Waals surface area contributed by atoms with Crippen molar-refractivity contribution in [3.05, 3.63) is 79.0 Å². The molecule has 0 fully saturated rings. The van der Waals surface area contributed by atoms with Crippen molar-refractivity contribution in [2.24, 2.45) is 0 Å². The van der Waals surface area contributed by atoms with Crippen LogP contribution in [0.4, 0.5) is 5.69 Å². The van der Waals surface area contributed by atoms with Crippen molar-refractivity contribution in [1.29, 1.82) is 0 Å². The quantitative estimate of drug-likeness (QED) is 0.723. The highest BCUT2D eigenvalue weighted by Crippen LogP contribution is 2.21. The fourth-order valence-corrected chi connectivity index (χ4v) is 2.26. The predicted octanol–water partition coefficient (Wildman–Crippen LogP) is 4.05. The number of hydrogen-bond donors (Lipinski definition) is 1. The van der Waals surface area contributed by atoms with Gasteiger partial charge >= 0.3 is 0 Å². The molecule has 0 aliphatic heterocycles. The van der Waals surface area contributed by atoms with Crippen LogP contribution in [0.3, 0.4) is 0 Å². The van der Waals surface area contributed by atoms with Crippen molar-refractivity contribution in [3.8, 4) is 5.75 Å². The number of aromatic nitrogens is 1. The SMILES string of the molecule is C=CCOc1ccc(C(=O)Nc2cccc3cccnc23)cc1. The van der Waals surface area contributed by atoms with Gasteiger partial charge in [-0.3, -0.25) is 9.78 Å². The molecule has 0 spiro atoms. The van der Waals surface area contributed by atoms with Crippen LogP contribution in [-0.2, 0) is 0 Å². The molecule has 1 N–H and O–H groups in total. The number of rotatable bonds is 5. The summed E-state index contributed by atoms with van der Waals surface area (Å²) in [6, 6.07) is 16.5. The maximum atomic E-state index is 12.4. The van der Waals surface area contributed by atoms with E-state index < -0.39 is 0 Å². The maximum absolute atomic E-state index is 12.4. The van der Waals surface area contributed by atoms with Crippen LogP contribution in [0, 0.1) is 0 Å². The monoisotopic (exact) mass is 304 g/mol. The molecule has 1 amide bonds. The molecule has 4 nitrogen and oxygen atoms in total. The second-order valence-electron chi connectivity index (χ2n) is 4.96. The van der Waals surface area contributed by atoms with Gasteiger partial charge in [0, 0.05) is 17.1 Å². The Bertz CT molecular complexity index is 836. The summed E-state index contributed by atoms with van der Waals surface area (Å²) in [6.07, 6.45) is 3.39. The second kappa shape index (κ2) is 6.75. The van der Waals surface area contributed by atoms with E-state index in [0.717, 1.165) is 10.9 Å². The van der Waals surface area contributed by atoms with Crippen LogP contribution in [0.2, 0.25) is 0 Å². The minimum absolute atomic E-state index is 0.182. The van der Waals surface area contributed by atoms with E-state index in [9.17, 15) is 4.79 Å². The van der Waals surface area contributed by atoms with E-state index in [1.54, 1.807) is 36.5 Å². The number of pyridine rings is 1. The number of ether oxygens (including phenoxy) is 1. The van der Waals surface area contributed by atoms with Crippen LogP contribution in [0.1, 0.15) is 10.4 Å². The molecular weight excluding hydrogens is 288 g/mol. The number of nitrogens with zero attached hydrogens (tertiary/aromatic N) is 1. The van der Waals surface area contributed by atoms with Gasteiger partial charge in [0.2, 0.25) is 0 Å². The van der Waals surface area contributed by atoms with Gasteiger partial charge in [-0.2, -0.15) is 0 Å². The van der Waals surface area contributed by atoms with E-state index in [1.165, 1.54) is 0 Å². The first kappa shape index (κ1) is 14.8. The Labute approximate surface area is 134 Å². The zero-order chi connectivity index (χ0) is 16.1. The number of para-hydroxylation sites is 1. The Morgan fingerprint density at radius 1 is 1.13 bits per heavy atom. The molecule has 0 bridgehead atoms. The van der Waals surface area contributed by atoms with Crippen LogP contribution in [0.25, 0.3) is 10.9 Å². The van der Waals surface area contributed by atoms with Crippen molar-refractivity contribution in [2.45, 2.75) is 0 Å². The van der Waals surface area contributed by atoms with Gasteiger partial charge in [-0.15, -0.1) is 0 Å². The molecular formula is C19H16N2O2. The lowest BCUT2D eigenvalue weighted by Crippen LogP contribution is -2.12. The second-order valence-corrected chi connectivity index (χ2v) is 4.96. The van der Waals surface area contributed by atoms with Crippen molar-refractivity contribution in [2.75, 3.05) is 11.9 Å². The van der Waals surface area contributed by atoms with Crippen molar-refractivity contribution in [3.63, 3.8) is 0 Å². The van der Waals surface area contributed by atoms with E-state index >= 15 is 0 Å². The third kappa shape index (κ3) is 3.37. The number of carbonyl (C=O) groups is 1. The average Bonchev–Trinajstić information content (AvgIpc) is 2.60. The number of benzene rings is 2. The molecule has 0 aliphatic carbocycles. The summed E-state index contributed by atoms with van der Waals surface area (Å²) in [5.41, 5.74) is 2.03. The Kier molecular flexibility index (Phi) is 4.34. The van der Waals surface area contributed by atoms with E-state index in [1.807, 2.05) is 30.3 Å². The summed E-state index contributed by atoms with van der Waals surface area (Å²) in [6.45, 7) is 4.04. The van der Waals surface area contributed by atoms with Crippen LogP contribution in [-0.4, -0.2) is 17.5 Å². The first-order valence-corrected chi connectivity index (χ1v) is 7.27. The first-order chi connectivity index (χ1) is 11.3. The summed E-state index contributed by atoms with van der Waals surface area (Å²) >= 11 is 0. The molecule has 0 unspecified atom stereocenters. The van der Waals surface area contributed by atoms with E-state index in [-0.39, 0.29) is 5.91 Å². The predicted molar refractivity (Wildman–Crippen MR) is 91.8 cm³/mol. The molecule has 0 saturated carbocycles. The Morgan fingerprint density at radius 3 is 2.70 bits per heavy atom. The number of amides is 1. The zero-order valence-corrected chi connectivity index (χ0v) is 12.5. The zero-order valence-electron chi connectivity index (χ0n) is 12.5. The van der Waals surface area contributed by atoms with E-state index in [2.05, 4.69) is 16.9 Å². The van der Waals surface area contributed by atoms with Gasteiger partial charge in [-0.1, -0.05) is 30.9 Å². The molecule has 0 atom stereocenters. The van der Waals surface area contributed by atoms with Crippen molar-refractivity contribution >= 4 is 22.5 Å². The highest BCUT2D eigenvalue weighted by molar-refractivity contribution is 6.08. The molecule has 23 heavy (non-hydrogen) atoms. The topological polar surface area (TPSA) is 51.2 Å². The lowest BCUT2D eigenvalue weighted by atomic mass is 10.1. The summed E-state index contributed by atoms with van der Waals surface area (Å²) in [4.78, 5) is 16.7. The summed E-state index contributed by atoms with van der Waals surface area (Å²) in [5.74, 6) is 0.520. The molecule has 3 aromatic rings. The Morgan fingerprint density at radius 2 is 1.91 bits per heavy atom. The Balaban J connectivity index is 1.79. The summed E-state index contributed by atoms with van der Waals surface area (Å²) in [7, 11) is 0. The molecule has 0 aliphatic rings. The van der Waals surface area contributed by atoms with E-state index in [0.29, 0.717) is 23.6 Å². The van der Waals surface area contributed by atoms with Crippen molar-refractivity contribution < 1.29 is 9.53 Å². The van der Waals surface area contributed by atoms with Gasteiger partial charge in [-0.05, 0) is 36.4 Å². The van der Waals surface area contributed by atoms with Crippen LogP contribution in [0.15, 0.2) is 73.4 Å². The largest absolute Gasteiger partial charge is 0.490 e. The fraction of sp³-hybridized carbons (Fsp3) is 0.0526. The van der Waals surface area contributed by atoms with Crippen molar-refractivity contribution in [1.82, 2.24) is 4.98 Å². The minimum atomic E-state index is -0.182. The lowest BCUT2D eigenvalue weighted by Gasteiger charge is -2.09. The Hall–Kier alpha value is -3.14. The molecule has 1 aromatic heterocycles. The number of fused-ring (bicyclic) bond motifs is 1. The highest BCUT2D eigenvalue weighted by Gasteiger charge is 2.09. The molecule has 0 radical (unpaired) electrons. The smallest absolute Gasteiger partial charge is 0.255 e. The van der Waals surface area contributed by atoms with Crippen LogP contribution in [0.5, 0.6) is 5.75 Å². The number of hydrogen-bond acceptors (Lipinski definition) is 3. The molecule has 1 heterocycles. The number of nitrogens with one attached hydrogen (secondary N) is 1. The maximum Gasteiger partial charge on any atom is 0.255 e. The van der Waals surface area contributed by atoms with E-state index in [4.69, 9.17) is 4.74 Å². The van der Waals surface area contributed by atoms with Gasteiger partial charge in [0.1, 0.15) is 12.4 Å². The lowest BCUT2D eigenvalue weighted by molar-refractivity contribution is 0.102. The molecule has 4 heteroatoms. The third-order valence-corrected chi connectivity index (χ3v) is 3.37. The van der Waals surface area contributed by atoms with Gasteiger partial charge < -0.3 is 10.1 Å². The normalized spacial score (nSPS) is 10.3. The number of carbonyl (C=O) groups excluding carboxylic acids is 1. The van der Waals surface area contributed by atoms with Gasteiger partial charge in [0.05, 0.1) is 11.2 Å². The van der Waals surface area contributed by atoms with Gasteiger partial charge in [0.15, 0.2) is 0 Å². The highest BCUT2D eigenvalue weighted by atomic mass is 16.5. The average molecular weight is 304 g/mol. The standard InChI is InChI=1S/C19H16N2O2/c1-2-13-23-16-10-8-15(9-11-16)19(22)21-17-7-3-5-14-6-4-12-20-18(14)17/h2-12H,1,13H2,(H,21,22). The van der Waals surface area contributed by atoms with Crippen LogP contribution >= 0.6 is 0 Å². The van der Waals surface area contributed by atoms with Gasteiger partial charge in [0.25, 0.3) is 5.91 Å². The minimum Gasteiger partial charge on any atom is -0.490 e. The molecule has 0 saturated heterocycles. The summed E-state index contributed by atoms with van der Waals surface area (Å²) in [5, 5.41) is 3.89. The molecule has 3 rings (SSSR count). The first-order valence-electron chi connectivity index (χ1n) is 7.27. The molecule has 114 valence electrons. The van der Waals surface area contributed by atoms with Gasteiger partial charge in [-0.25, -0.2) is 0 Å².